The van der Waals surface area contributed by atoms with Crippen LogP contribution < -0.4 is 10.4 Å². The summed E-state index contributed by atoms with van der Waals surface area (Å²) in [6, 6.07) is 20.1. The number of benzene rings is 2. The molecular weight excluding hydrogens is 562 g/mol. The van der Waals surface area contributed by atoms with E-state index in [-0.39, 0.29) is 35.0 Å². The normalized spacial score (nSPS) is 17.9. The number of carbonyl (C=O) groups is 3. The van der Waals surface area contributed by atoms with Crippen molar-refractivity contribution in [3.8, 4) is 0 Å². The molecule has 2 aromatic carbocycles. The van der Waals surface area contributed by atoms with Gasteiger partial charge >= 0.3 is 20.2 Å². The molecule has 0 bridgehead atoms. The fraction of sp³-hybridized carbons (Fsp3) is 0.528. The number of halogens is 2. The van der Waals surface area contributed by atoms with Crippen LogP contribution in [0.5, 0.6) is 0 Å². The molecule has 1 saturated carbocycles. The Hall–Kier alpha value is -2.93. The van der Waals surface area contributed by atoms with Gasteiger partial charge in [-0.05, 0) is 59.9 Å². The quantitative estimate of drug-likeness (QED) is 0.110. The first-order valence-corrected chi connectivity index (χ1v) is 17.8. The summed E-state index contributed by atoms with van der Waals surface area (Å²) in [6.07, 6.45) is 8.19. The smallest absolute Gasteiger partial charge is 0.324 e. The van der Waals surface area contributed by atoms with Crippen molar-refractivity contribution in [1.82, 2.24) is 0 Å². The number of carbonyl (C=O) groups excluding carboxylic acids is 3. The van der Waals surface area contributed by atoms with Crippen LogP contribution in [0.2, 0.25) is 5.04 Å². The van der Waals surface area contributed by atoms with Crippen LogP contribution in [0.3, 0.4) is 0 Å². The summed E-state index contributed by atoms with van der Waals surface area (Å²) >= 11 is 0. The molecule has 0 unspecified atom stereocenters. The number of ketones is 2. The van der Waals surface area contributed by atoms with Gasteiger partial charge in [-0.2, -0.15) is 8.78 Å². The molecule has 0 aliphatic heterocycles. The van der Waals surface area contributed by atoms with Crippen molar-refractivity contribution in [2.75, 3.05) is 0 Å². The summed E-state index contributed by atoms with van der Waals surface area (Å²) in [6.45, 7) is 8.21. The molecule has 3 rings (SSSR count). The van der Waals surface area contributed by atoms with Crippen LogP contribution in [-0.4, -0.2) is 31.8 Å². The third kappa shape index (κ3) is 9.04. The standard InChI is InChI=1S/C36H48F2O4Si/c1-5-6-27-36(37,38)33(40)26-24-28-23-25-32(39)31(28)21-15-7-8-16-22-34(41)42-43(35(2,3)4,29-17-11-9-12-18-29)30-19-13-10-14-20-30/h9-14,16-20,22,28,31H,5-8,15,21,23-27H2,1-4H3/b22-16+/t28-,31-/m1/s1. The second-order valence-electron chi connectivity index (χ2n) is 12.9. The molecule has 0 saturated heterocycles. The maximum absolute atomic E-state index is 14.1. The van der Waals surface area contributed by atoms with E-state index in [4.69, 9.17) is 4.43 Å². The fourth-order valence-electron chi connectivity index (χ4n) is 6.40. The lowest BCUT2D eigenvalue weighted by atomic mass is 9.86. The molecule has 4 nitrogen and oxygen atoms in total. The highest BCUT2D eigenvalue weighted by atomic mass is 28.4. The van der Waals surface area contributed by atoms with E-state index in [1.54, 1.807) is 0 Å². The van der Waals surface area contributed by atoms with Crippen LogP contribution in [0, 0.1) is 11.8 Å². The molecule has 0 heterocycles. The van der Waals surface area contributed by atoms with E-state index >= 15 is 0 Å². The van der Waals surface area contributed by atoms with Gasteiger partial charge in [-0.1, -0.05) is 107 Å². The van der Waals surface area contributed by atoms with E-state index < -0.39 is 26.4 Å². The minimum absolute atomic E-state index is 0.00426. The van der Waals surface area contributed by atoms with Gasteiger partial charge in [0.05, 0.1) is 0 Å². The Kier molecular flexibility index (Phi) is 12.6. The zero-order valence-electron chi connectivity index (χ0n) is 26.3. The Morgan fingerprint density at radius 1 is 0.930 bits per heavy atom. The molecule has 1 aliphatic rings. The van der Waals surface area contributed by atoms with Crippen LogP contribution >= 0.6 is 0 Å². The second kappa shape index (κ2) is 15.7. The van der Waals surface area contributed by atoms with Gasteiger partial charge in [0.25, 0.3) is 0 Å². The Morgan fingerprint density at radius 3 is 2.09 bits per heavy atom. The lowest BCUT2D eigenvalue weighted by Gasteiger charge is -2.41. The molecule has 43 heavy (non-hydrogen) atoms. The Bertz CT molecular complexity index is 1180. The van der Waals surface area contributed by atoms with Crippen molar-refractivity contribution in [3.63, 3.8) is 0 Å². The molecule has 2 atom stereocenters. The van der Waals surface area contributed by atoms with Crippen LogP contribution in [-0.2, 0) is 18.8 Å². The molecule has 1 aliphatic carbocycles. The van der Waals surface area contributed by atoms with E-state index in [9.17, 15) is 23.2 Å². The molecule has 0 N–H and O–H groups in total. The summed E-state index contributed by atoms with van der Waals surface area (Å²) in [5.41, 5.74) is 0. The number of unbranched alkanes of at least 4 members (excludes halogenated alkanes) is 3. The number of allylic oxidation sites excluding steroid dienone is 1. The molecule has 0 amide bonds. The van der Waals surface area contributed by atoms with Crippen LogP contribution in [0.25, 0.3) is 0 Å². The maximum Gasteiger partial charge on any atom is 0.324 e. The third-order valence-electron chi connectivity index (χ3n) is 8.80. The number of hydrogen-bond donors (Lipinski definition) is 0. The lowest BCUT2D eigenvalue weighted by Crippen LogP contribution is -2.67. The molecule has 0 spiro atoms. The number of hydrogen-bond acceptors (Lipinski definition) is 4. The van der Waals surface area contributed by atoms with Gasteiger partial charge in [0.1, 0.15) is 5.78 Å². The first kappa shape index (κ1) is 34.6. The first-order valence-electron chi connectivity index (χ1n) is 15.9. The molecule has 234 valence electrons. The molecule has 0 radical (unpaired) electrons. The zero-order valence-corrected chi connectivity index (χ0v) is 27.3. The fourth-order valence-corrected chi connectivity index (χ4v) is 10.7. The lowest BCUT2D eigenvalue weighted by molar-refractivity contribution is -0.144. The highest BCUT2D eigenvalue weighted by Crippen LogP contribution is 2.38. The summed E-state index contributed by atoms with van der Waals surface area (Å²) in [5, 5.41) is 1.77. The largest absolute Gasteiger partial charge is 0.506 e. The van der Waals surface area contributed by atoms with Crippen LogP contribution in [0.15, 0.2) is 72.8 Å². The Morgan fingerprint density at radius 2 is 1.53 bits per heavy atom. The van der Waals surface area contributed by atoms with E-state index in [0.29, 0.717) is 44.9 Å². The van der Waals surface area contributed by atoms with Crippen LogP contribution in [0.1, 0.15) is 98.3 Å². The number of Topliss-reactive ketones (excluding diaryl/α,β-unsaturated/α-hetero) is 2. The van der Waals surface area contributed by atoms with E-state index in [1.165, 1.54) is 6.08 Å². The summed E-state index contributed by atoms with van der Waals surface area (Å²) in [7, 11) is -2.97. The molecule has 2 aromatic rings. The SMILES string of the molecule is CCCCC(F)(F)C(=O)CC[C@H]1CCC(=O)[C@@H]1CCCC/C=C/C(=O)O[Si](c1ccccc1)(c1ccccc1)C(C)(C)C. The first-order chi connectivity index (χ1) is 20.4. The average molecular weight is 611 g/mol. The van der Waals surface area contributed by atoms with Gasteiger partial charge in [0, 0.05) is 31.3 Å². The highest BCUT2D eigenvalue weighted by molar-refractivity contribution is 7.00. The molecule has 1 fully saturated rings. The summed E-state index contributed by atoms with van der Waals surface area (Å²) in [5.74, 6) is -4.61. The topological polar surface area (TPSA) is 60.4 Å². The van der Waals surface area contributed by atoms with E-state index in [2.05, 4.69) is 20.8 Å². The number of rotatable bonds is 16. The van der Waals surface area contributed by atoms with E-state index in [0.717, 1.165) is 23.2 Å². The van der Waals surface area contributed by atoms with Gasteiger partial charge in [-0.25, -0.2) is 4.79 Å². The predicted molar refractivity (Wildman–Crippen MR) is 171 cm³/mol. The minimum atomic E-state index is -3.27. The van der Waals surface area contributed by atoms with Crippen molar-refractivity contribution in [1.29, 1.82) is 0 Å². The van der Waals surface area contributed by atoms with Crippen LogP contribution in [0.4, 0.5) is 8.78 Å². The predicted octanol–water partition coefficient (Wildman–Crippen LogP) is 7.98. The summed E-state index contributed by atoms with van der Waals surface area (Å²) < 4.78 is 34.7. The van der Waals surface area contributed by atoms with Crippen molar-refractivity contribution in [2.45, 2.75) is 109 Å². The van der Waals surface area contributed by atoms with Gasteiger partial charge < -0.3 is 4.43 Å². The molecular formula is C36H48F2O4Si. The van der Waals surface area contributed by atoms with Gasteiger partial charge in [-0.15, -0.1) is 0 Å². The second-order valence-corrected chi connectivity index (χ2v) is 17.1. The summed E-state index contributed by atoms with van der Waals surface area (Å²) in [4.78, 5) is 37.9. The maximum atomic E-state index is 14.1. The average Bonchev–Trinajstić information content (AvgIpc) is 3.34. The highest BCUT2D eigenvalue weighted by Gasteiger charge is 2.53. The van der Waals surface area contributed by atoms with Crippen molar-refractivity contribution in [2.24, 2.45) is 11.8 Å². The minimum Gasteiger partial charge on any atom is -0.506 e. The van der Waals surface area contributed by atoms with Crippen molar-refractivity contribution < 1.29 is 27.6 Å². The van der Waals surface area contributed by atoms with Gasteiger partial charge in [0.15, 0.2) is 0 Å². The van der Waals surface area contributed by atoms with Gasteiger partial charge in [-0.3, -0.25) is 9.59 Å². The Labute approximate surface area is 257 Å². The van der Waals surface area contributed by atoms with Crippen molar-refractivity contribution >= 4 is 36.2 Å². The Balaban J connectivity index is 1.55. The third-order valence-corrected chi connectivity index (χ3v) is 13.7. The monoisotopic (exact) mass is 610 g/mol. The van der Waals surface area contributed by atoms with Gasteiger partial charge in [0.2, 0.25) is 5.78 Å². The molecule has 7 heteroatoms. The van der Waals surface area contributed by atoms with Crippen molar-refractivity contribution in [3.05, 3.63) is 72.8 Å². The van der Waals surface area contributed by atoms with E-state index in [1.807, 2.05) is 73.7 Å². The number of alkyl halides is 2. The molecule has 0 aromatic heterocycles. The zero-order chi connectivity index (χ0) is 31.5.